The van der Waals surface area contributed by atoms with Crippen molar-refractivity contribution in [3.05, 3.63) is 40.5 Å². The number of carboxylic acid groups (broad SMARTS) is 1. The number of aromatic amines is 1. The van der Waals surface area contributed by atoms with Gasteiger partial charge in [-0.1, -0.05) is 23.7 Å². The maximum absolute atomic E-state index is 10.7. The summed E-state index contributed by atoms with van der Waals surface area (Å²) in [6.07, 6.45) is 1.04. The maximum Gasteiger partial charge on any atom is 0.304 e. The van der Waals surface area contributed by atoms with Gasteiger partial charge in [0, 0.05) is 47.9 Å². The van der Waals surface area contributed by atoms with E-state index in [1.54, 1.807) is 0 Å². The second kappa shape index (κ2) is 5.87. The van der Waals surface area contributed by atoms with E-state index < -0.39 is 5.97 Å². The van der Waals surface area contributed by atoms with Crippen molar-refractivity contribution in [1.82, 2.24) is 15.1 Å². The van der Waals surface area contributed by atoms with E-state index in [-0.39, 0.29) is 6.42 Å². The molecule has 2 heterocycles. The summed E-state index contributed by atoms with van der Waals surface area (Å²) in [6, 6.07) is 7.61. The van der Waals surface area contributed by atoms with Crippen LogP contribution < -0.4 is 0 Å². The molecule has 2 N–H and O–H groups in total. The van der Waals surface area contributed by atoms with E-state index in [1.165, 1.54) is 0 Å². The van der Waals surface area contributed by atoms with Gasteiger partial charge in [-0.2, -0.15) is 5.10 Å². The third kappa shape index (κ3) is 3.09. The van der Waals surface area contributed by atoms with Crippen LogP contribution in [0.3, 0.4) is 0 Å². The Bertz CT molecular complexity index is 651. The molecule has 0 aliphatic carbocycles. The Balaban J connectivity index is 1.82. The highest BCUT2D eigenvalue weighted by Gasteiger charge is 2.22. The van der Waals surface area contributed by atoms with Crippen molar-refractivity contribution >= 4 is 17.6 Å². The van der Waals surface area contributed by atoms with Gasteiger partial charge in [-0.15, -0.1) is 0 Å². The molecule has 0 bridgehead atoms. The van der Waals surface area contributed by atoms with Gasteiger partial charge < -0.3 is 5.11 Å². The smallest absolute Gasteiger partial charge is 0.304 e. The van der Waals surface area contributed by atoms with Gasteiger partial charge in [0.2, 0.25) is 0 Å². The minimum absolute atomic E-state index is 0.170. The molecule has 1 aromatic carbocycles. The highest BCUT2D eigenvalue weighted by molar-refractivity contribution is 6.30. The number of carboxylic acids is 1. The van der Waals surface area contributed by atoms with Gasteiger partial charge in [0.05, 0.1) is 12.1 Å². The second-order valence-electron chi connectivity index (χ2n) is 5.21. The Morgan fingerprint density at radius 3 is 2.86 bits per heavy atom. The first-order valence-corrected chi connectivity index (χ1v) is 7.27. The van der Waals surface area contributed by atoms with E-state index >= 15 is 0 Å². The van der Waals surface area contributed by atoms with Crippen LogP contribution in [0.25, 0.3) is 11.3 Å². The Labute approximate surface area is 127 Å². The summed E-state index contributed by atoms with van der Waals surface area (Å²) in [6.45, 7) is 2.17. The van der Waals surface area contributed by atoms with E-state index in [4.69, 9.17) is 16.7 Å². The van der Waals surface area contributed by atoms with Crippen LogP contribution in [0, 0.1) is 0 Å². The fraction of sp³-hybridized carbons (Fsp3) is 0.333. The molecule has 110 valence electrons. The number of H-pyrrole nitrogens is 1. The van der Waals surface area contributed by atoms with E-state index in [0.717, 1.165) is 42.0 Å². The van der Waals surface area contributed by atoms with Gasteiger partial charge >= 0.3 is 5.97 Å². The summed E-state index contributed by atoms with van der Waals surface area (Å²) >= 11 is 5.92. The summed E-state index contributed by atoms with van der Waals surface area (Å²) in [5.41, 5.74) is 4.26. The molecule has 0 unspecified atom stereocenters. The number of aromatic nitrogens is 2. The van der Waals surface area contributed by atoms with Crippen molar-refractivity contribution in [3.8, 4) is 11.3 Å². The van der Waals surface area contributed by atoms with Crippen LogP contribution in [-0.4, -0.2) is 39.3 Å². The lowest BCUT2D eigenvalue weighted by Crippen LogP contribution is -2.32. The van der Waals surface area contributed by atoms with E-state index in [0.29, 0.717) is 11.6 Å². The van der Waals surface area contributed by atoms with Crippen LogP contribution in [0.4, 0.5) is 0 Å². The molecule has 1 aliphatic rings. The molecule has 0 atom stereocenters. The van der Waals surface area contributed by atoms with Gasteiger partial charge in [-0.25, -0.2) is 0 Å². The first kappa shape index (κ1) is 14.1. The van der Waals surface area contributed by atoms with Crippen LogP contribution in [0.5, 0.6) is 0 Å². The van der Waals surface area contributed by atoms with Crippen LogP contribution in [0.15, 0.2) is 24.3 Å². The van der Waals surface area contributed by atoms with Crippen molar-refractivity contribution in [3.63, 3.8) is 0 Å². The van der Waals surface area contributed by atoms with Gasteiger partial charge in [0.1, 0.15) is 0 Å². The number of rotatable bonds is 4. The molecule has 0 amide bonds. The zero-order valence-electron chi connectivity index (χ0n) is 11.5. The summed E-state index contributed by atoms with van der Waals surface area (Å²) in [7, 11) is 0. The van der Waals surface area contributed by atoms with Crippen LogP contribution >= 0.6 is 11.6 Å². The molecule has 0 spiro atoms. The molecule has 0 saturated carbocycles. The van der Waals surface area contributed by atoms with Gasteiger partial charge in [0.25, 0.3) is 0 Å². The summed E-state index contributed by atoms with van der Waals surface area (Å²) in [5.74, 6) is -0.758. The number of halogens is 1. The number of aliphatic carboxylic acids is 1. The van der Waals surface area contributed by atoms with Crippen LogP contribution in [0.1, 0.15) is 17.7 Å². The van der Waals surface area contributed by atoms with E-state index in [9.17, 15) is 4.79 Å². The third-order valence-electron chi connectivity index (χ3n) is 3.77. The van der Waals surface area contributed by atoms with Crippen LogP contribution in [0.2, 0.25) is 5.02 Å². The summed E-state index contributed by atoms with van der Waals surface area (Å²) in [5, 5.41) is 17.0. The minimum Gasteiger partial charge on any atom is -0.481 e. The number of nitrogens with zero attached hydrogens (tertiary/aromatic N) is 2. The molecule has 0 radical (unpaired) electrons. The Hall–Kier alpha value is -1.85. The largest absolute Gasteiger partial charge is 0.481 e. The highest BCUT2D eigenvalue weighted by Crippen LogP contribution is 2.29. The molecule has 5 nitrogen and oxygen atoms in total. The van der Waals surface area contributed by atoms with Gasteiger partial charge in [0.15, 0.2) is 0 Å². The molecular formula is C15H16ClN3O2. The zero-order valence-corrected chi connectivity index (χ0v) is 12.2. The number of benzene rings is 1. The summed E-state index contributed by atoms with van der Waals surface area (Å²) in [4.78, 5) is 12.9. The highest BCUT2D eigenvalue weighted by atomic mass is 35.5. The number of hydrogen-bond donors (Lipinski definition) is 2. The van der Waals surface area contributed by atoms with E-state index in [1.807, 2.05) is 24.3 Å². The molecule has 0 fully saturated rings. The predicted molar refractivity (Wildman–Crippen MR) is 80.3 cm³/mol. The normalized spacial score (nSPS) is 14.9. The Morgan fingerprint density at radius 1 is 1.38 bits per heavy atom. The maximum atomic E-state index is 10.7. The van der Waals surface area contributed by atoms with Crippen molar-refractivity contribution in [1.29, 1.82) is 0 Å². The molecule has 21 heavy (non-hydrogen) atoms. The fourth-order valence-electron chi connectivity index (χ4n) is 2.64. The number of hydrogen-bond acceptors (Lipinski definition) is 3. The summed E-state index contributed by atoms with van der Waals surface area (Å²) < 4.78 is 0. The fourth-order valence-corrected chi connectivity index (χ4v) is 2.77. The molecule has 3 rings (SSSR count). The Kier molecular flexibility index (Phi) is 3.94. The molecule has 1 aromatic heterocycles. The van der Waals surface area contributed by atoms with Crippen molar-refractivity contribution in [2.45, 2.75) is 19.4 Å². The lowest BCUT2D eigenvalue weighted by Gasteiger charge is -2.26. The third-order valence-corrected chi connectivity index (χ3v) is 4.02. The predicted octanol–water partition coefficient (Wildman–Crippen LogP) is 2.56. The zero-order chi connectivity index (χ0) is 14.8. The van der Waals surface area contributed by atoms with Crippen LogP contribution in [-0.2, 0) is 17.8 Å². The van der Waals surface area contributed by atoms with Crippen molar-refractivity contribution in [2.24, 2.45) is 0 Å². The monoisotopic (exact) mass is 305 g/mol. The molecule has 2 aromatic rings. The molecule has 0 saturated heterocycles. The van der Waals surface area contributed by atoms with Crippen molar-refractivity contribution in [2.75, 3.05) is 13.1 Å². The molecular weight excluding hydrogens is 290 g/mol. The number of fused-ring (bicyclic) bond motifs is 1. The topological polar surface area (TPSA) is 69.2 Å². The van der Waals surface area contributed by atoms with E-state index in [2.05, 4.69) is 15.1 Å². The Morgan fingerprint density at radius 2 is 2.14 bits per heavy atom. The quantitative estimate of drug-likeness (QED) is 0.911. The lowest BCUT2D eigenvalue weighted by atomic mass is 10.0. The second-order valence-corrected chi connectivity index (χ2v) is 5.64. The average molecular weight is 306 g/mol. The minimum atomic E-state index is -0.758. The first-order chi connectivity index (χ1) is 10.1. The lowest BCUT2D eigenvalue weighted by molar-refractivity contribution is -0.137. The molecule has 1 aliphatic heterocycles. The standard InChI is InChI=1S/C15H16ClN3O2/c16-11-3-1-10(2-4-11)15-12-9-19(8-6-14(20)21)7-5-13(12)17-18-15/h1-4H,5-9H2,(H,17,18)(H,20,21). The molecule has 6 heteroatoms. The first-order valence-electron chi connectivity index (χ1n) is 6.89. The van der Waals surface area contributed by atoms with Crippen molar-refractivity contribution < 1.29 is 9.90 Å². The average Bonchev–Trinajstić information content (AvgIpc) is 2.89. The number of nitrogens with one attached hydrogen (secondary N) is 1. The number of carbonyl (C=O) groups is 1. The van der Waals surface area contributed by atoms with Gasteiger partial charge in [-0.05, 0) is 12.1 Å². The van der Waals surface area contributed by atoms with Gasteiger partial charge in [-0.3, -0.25) is 14.8 Å². The SMILES string of the molecule is O=C(O)CCN1CCc2[nH]nc(-c3ccc(Cl)cc3)c2C1.